The molecule has 188 valence electrons. The van der Waals surface area contributed by atoms with Crippen LogP contribution < -0.4 is 0 Å². The van der Waals surface area contributed by atoms with Gasteiger partial charge in [0, 0.05) is 10.8 Å². The average Bonchev–Trinajstić information content (AvgIpc) is 2.72. The molecule has 0 aromatic rings. The van der Waals surface area contributed by atoms with E-state index in [0.717, 1.165) is 38.5 Å². The summed E-state index contributed by atoms with van der Waals surface area (Å²) in [7, 11) is 0. The fraction of sp³-hybridized carbons (Fsp3) is 0.933. The second-order valence-electron chi connectivity index (χ2n) is 15.2. The Kier molecular flexibility index (Phi) is 5.23. The molecule has 3 nitrogen and oxygen atoms in total. The highest BCUT2D eigenvalue weighted by Gasteiger charge is 2.68. The molecule has 0 aliphatic heterocycles. The molecule has 0 radical (unpaired) electrons. The van der Waals surface area contributed by atoms with Crippen molar-refractivity contribution in [2.24, 2.45) is 50.2 Å². The zero-order valence-electron chi connectivity index (χ0n) is 22.4. The number of hydrogen-bond donors (Lipinski definition) is 3. The molecule has 10 atom stereocenters. The Hall–Kier alpha value is -0.380. The fourth-order valence-electron chi connectivity index (χ4n) is 11.1. The summed E-state index contributed by atoms with van der Waals surface area (Å²) in [5.74, 6) is 1.58. The first-order chi connectivity index (χ1) is 15.2. The first kappa shape index (κ1) is 24.3. The number of hydrogen-bond acceptors (Lipinski definition) is 3. The van der Waals surface area contributed by atoms with Gasteiger partial charge >= 0.3 is 0 Å². The van der Waals surface area contributed by atoms with Crippen LogP contribution in [0.2, 0.25) is 0 Å². The van der Waals surface area contributed by atoms with E-state index in [1.54, 1.807) is 5.57 Å². The van der Waals surface area contributed by atoms with Gasteiger partial charge in [-0.25, -0.2) is 0 Å². The molecule has 0 heterocycles. The lowest BCUT2D eigenvalue weighted by atomic mass is 9.35. The maximum atomic E-state index is 11.4. The molecule has 0 aromatic carbocycles. The van der Waals surface area contributed by atoms with E-state index in [1.807, 2.05) is 0 Å². The van der Waals surface area contributed by atoms with Crippen molar-refractivity contribution < 1.29 is 15.3 Å². The first-order valence-electron chi connectivity index (χ1n) is 13.9. The molecule has 3 heteroatoms. The van der Waals surface area contributed by atoms with Crippen molar-refractivity contribution in [3.05, 3.63) is 11.6 Å². The summed E-state index contributed by atoms with van der Waals surface area (Å²) in [6.07, 6.45) is 11.7. The normalized spacial score (nSPS) is 57.8. The van der Waals surface area contributed by atoms with Crippen LogP contribution in [0.5, 0.6) is 0 Å². The quantitative estimate of drug-likeness (QED) is 0.415. The van der Waals surface area contributed by atoms with Gasteiger partial charge in [-0.05, 0) is 97.2 Å². The highest BCUT2D eigenvalue weighted by Crippen LogP contribution is 2.74. The van der Waals surface area contributed by atoms with Crippen LogP contribution in [-0.2, 0) is 0 Å². The van der Waals surface area contributed by atoms with Gasteiger partial charge in [-0.3, -0.25) is 0 Å². The first-order valence-corrected chi connectivity index (χ1v) is 13.9. The minimum atomic E-state index is -0.389. The molecule has 4 saturated carbocycles. The van der Waals surface area contributed by atoms with E-state index in [4.69, 9.17) is 0 Å². The molecule has 33 heavy (non-hydrogen) atoms. The van der Waals surface area contributed by atoms with Crippen molar-refractivity contribution in [3.8, 4) is 0 Å². The summed E-state index contributed by atoms with van der Waals surface area (Å²) in [5.41, 5.74) is 1.92. The maximum absolute atomic E-state index is 11.4. The maximum Gasteiger partial charge on any atom is 0.0618 e. The second kappa shape index (κ2) is 7.10. The third-order valence-electron chi connectivity index (χ3n) is 13.1. The van der Waals surface area contributed by atoms with Crippen LogP contribution in [0.1, 0.15) is 106 Å². The third-order valence-corrected chi connectivity index (χ3v) is 13.1. The van der Waals surface area contributed by atoms with E-state index in [2.05, 4.69) is 54.5 Å². The number of allylic oxidation sites excluding steroid dienone is 2. The Morgan fingerprint density at radius 1 is 0.818 bits per heavy atom. The molecule has 5 rings (SSSR count). The number of aliphatic hydroxyl groups is 3. The Labute approximate surface area is 202 Å². The molecule has 3 N–H and O–H groups in total. The van der Waals surface area contributed by atoms with Gasteiger partial charge in [-0.15, -0.1) is 0 Å². The molecule has 4 fully saturated rings. The summed E-state index contributed by atoms with van der Waals surface area (Å²) < 4.78 is 0. The van der Waals surface area contributed by atoms with Gasteiger partial charge < -0.3 is 15.3 Å². The minimum Gasteiger partial charge on any atom is -0.396 e. The van der Waals surface area contributed by atoms with Gasteiger partial charge in [0.2, 0.25) is 0 Å². The Bertz CT molecular complexity index is 847. The van der Waals surface area contributed by atoms with Crippen molar-refractivity contribution >= 4 is 0 Å². The van der Waals surface area contributed by atoms with Crippen molar-refractivity contribution in [2.75, 3.05) is 6.61 Å². The largest absolute Gasteiger partial charge is 0.396 e. The van der Waals surface area contributed by atoms with Crippen molar-refractivity contribution in [1.82, 2.24) is 0 Å². The monoisotopic (exact) mass is 458 g/mol. The molecule has 0 spiro atoms. The predicted molar refractivity (Wildman–Crippen MR) is 134 cm³/mol. The zero-order chi connectivity index (χ0) is 24.2. The topological polar surface area (TPSA) is 60.7 Å². The number of fused-ring (bicyclic) bond motifs is 7. The Morgan fingerprint density at radius 3 is 2.15 bits per heavy atom. The van der Waals surface area contributed by atoms with Crippen molar-refractivity contribution in [3.63, 3.8) is 0 Å². The average molecular weight is 459 g/mol. The SMILES string of the molecule is CC1(C)CC(O)C2(C)CCC3C(=CCC4C3(C)CCC3C(C)(CO)C(O)CCC34C)C2(C)C1. The van der Waals surface area contributed by atoms with E-state index < -0.39 is 0 Å². The molecule has 0 aromatic heterocycles. The van der Waals surface area contributed by atoms with Crippen LogP contribution in [0.25, 0.3) is 0 Å². The van der Waals surface area contributed by atoms with Gasteiger partial charge in [-0.2, -0.15) is 0 Å². The molecular formula is C30H50O3. The lowest BCUT2D eigenvalue weighted by Crippen LogP contribution is -2.65. The van der Waals surface area contributed by atoms with Gasteiger partial charge in [-0.1, -0.05) is 60.1 Å². The lowest BCUT2D eigenvalue weighted by Gasteiger charge is -2.70. The van der Waals surface area contributed by atoms with Crippen LogP contribution in [0.3, 0.4) is 0 Å². The van der Waals surface area contributed by atoms with Gasteiger partial charge in [0.1, 0.15) is 0 Å². The molecule has 10 unspecified atom stereocenters. The minimum absolute atomic E-state index is 0.0282. The summed E-state index contributed by atoms with van der Waals surface area (Å²) in [6.45, 7) is 16.9. The van der Waals surface area contributed by atoms with Crippen LogP contribution in [0, 0.1) is 50.2 Å². The zero-order valence-corrected chi connectivity index (χ0v) is 22.4. The molecule has 0 amide bonds. The molecule has 5 aliphatic carbocycles. The van der Waals surface area contributed by atoms with Gasteiger partial charge in [0.05, 0.1) is 18.8 Å². The highest BCUT2D eigenvalue weighted by molar-refractivity contribution is 5.33. The van der Waals surface area contributed by atoms with Gasteiger partial charge in [0.15, 0.2) is 0 Å². The van der Waals surface area contributed by atoms with Crippen LogP contribution in [-0.4, -0.2) is 34.1 Å². The molecular weight excluding hydrogens is 408 g/mol. The molecule has 0 bridgehead atoms. The lowest BCUT2D eigenvalue weighted by molar-refractivity contribution is -0.209. The van der Waals surface area contributed by atoms with Crippen molar-refractivity contribution in [1.29, 1.82) is 0 Å². The predicted octanol–water partition coefficient (Wildman–Crippen LogP) is 6.11. The third kappa shape index (κ3) is 2.91. The van der Waals surface area contributed by atoms with E-state index in [-0.39, 0.29) is 51.3 Å². The standard InChI is InChI=1S/C30H50O3/c1-25(2)16-24(33)29(6)15-10-19-20(30(29,7)17-25)8-9-21-26(19,3)13-11-22-27(21,4)14-12-23(32)28(22,5)18-31/h8,19,21-24,31-33H,9-18H2,1-7H3. The Morgan fingerprint density at radius 2 is 1.48 bits per heavy atom. The van der Waals surface area contributed by atoms with E-state index >= 15 is 0 Å². The van der Waals surface area contributed by atoms with E-state index in [1.165, 1.54) is 19.3 Å². The number of aliphatic hydroxyl groups excluding tert-OH is 3. The highest BCUT2D eigenvalue weighted by atomic mass is 16.3. The summed E-state index contributed by atoms with van der Waals surface area (Å²) >= 11 is 0. The molecule has 0 saturated heterocycles. The Balaban J connectivity index is 1.57. The van der Waals surface area contributed by atoms with Crippen LogP contribution in [0.4, 0.5) is 0 Å². The van der Waals surface area contributed by atoms with E-state index in [0.29, 0.717) is 17.8 Å². The van der Waals surface area contributed by atoms with Crippen molar-refractivity contribution in [2.45, 2.75) is 118 Å². The molecule has 5 aliphatic rings. The summed E-state index contributed by atoms with van der Waals surface area (Å²) in [4.78, 5) is 0. The van der Waals surface area contributed by atoms with E-state index in [9.17, 15) is 15.3 Å². The fourth-order valence-corrected chi connectivity index (χ4v) is 11.1. The smallest absolute Gasteiger partial charge is 0.0618 e. The summed E-state index contributed by atoms with van der Waals surface area (Å²) in [5, 5.41) is 32.7. The van der Waals surface area contributed by atoms with Gasteiger partial charge in [0.25, 0.3) is 0 Å². The van der Waals surface area contributed by atoms with Crippen LogP contribution >= 0.6 is 0 Å². The summed E-state index contributed by atoms with van der Waals surface area (Å²) in [6, 6.07) is 0. The number of rotatable bonds is 1. The van der Waals surface area contributed by atoms with Crippen LogP contribution in [0.15, 0.2) is 11.6 Å². The second-order valence-corrected chi connectivity index (χ2v) is 15.2.